The molecule has 0 radical (unpaired) electrons. The van der Waals surface area contributed by atoms with Gasteiger partial charge in [0.05, 0.1) is 17.2 Å². The number of hydrogen-bond donors (Lipinski definition) is 3. The fourth-order valence-corrected chi connectivity index (χ4v) is 2.77. The maximum absolute atomic E-state index is 14.2. The molecule has 0 saturated carbocycles. The number of anilines is 1. The first-order valence-electron chi connectivity index (χ1n) is 7.76. The van der Waals surface area contributed by atoms with E-state index in [4.69, 9.17) is 0 Å². The van der Waals surface area contributed by atoms with Crippen LogP contribution in [0.5, 0.6) is 0 Å². The molecule has 140 valence electrons. The molecule has 0 fully saturated rings. The molecular formula is C18H13F4N3O2. The van der Waals surface area contributed by atoms with Crippen LogP contribution in [0.3, 0.4) is 0 Å². The van der Waals surface area contributed by atoms with Crippen molar-refractivity contribution in [2.24, 2.45) is 0 Å². The Morgan fingerprint density at radius 1 is 1.00 bits per heavy atom. The summed E-state index contributed by atoms with van der Waals surface area (Å²) in [6.07, 6.45) is 0. The molecule has 5 nitrogen and oxygen atoms in total. The Balaban J connectivity index is 2.01. The van der Waals surface area contributed by atoms with Crippen LogP contribution in [0.15, 0.2) is 47.7 Å². The average molecular weight is 379 g/mol. The van der Waals surface area contributed by atoms with Gasteiger partial charge in [-0.1, -0.05) is 6.07 Å². The zero-order valence-electron chi connectivity index (χ0n) is 13.9. The number of allylic oxidation sites excluding steroid dienone is 1. The highest BCUT2D eigenvalue weighted by Crippen LogP contribution is 2.31. The number of rotatable bonds is 3. The van der Waals surface area contributed by atoms with Crippen molar-refractivity contribution in [1.82, 2.24) is 10.6 Å². The second-order valence-electron chi connectivity index (χ2n) is 5.79. The van der Waals surface area contributed by atoms with Crippen LogP contribution in [0.4, 0.5) is 28.0 Å². The molecule has 9 heteroatoms. The molecule has 0 bridgehead atoms. The molecule has 3 N–H and O–H groups in total. The van der Waals surface area contributed by atoms with Crippen LogP contribution in [0.1, 0.15) is 18.5 Å². The number of amides is 3. The van der Waals surface area contributed by atoms with Gasteiger partial charge in [-0.3, -0.25) is 4.79 Å². The predicted molar refractivity (Wildman–Crippen MR) is 88.5 cm³/mol. The molecule has 2 aromatic rings. The highest BCUT2D eigenvalue weighted by Gasteiger charge is 2.34. The molecule has 0 aromatic heterocycles. The van der Waals surface area contributed by atoms with Crippen molar-refractivity contribution < 1.29 is 27.2 Å². The van der Waals surface area contributed by atoms with E-state index in [-0.39, 0.29) is 17.0 Å². The number of urea groups is 1. The summed E-state index contributed by atoms with van der Waals surface area (Å²) >= 11 is 0. The van der Waals surface area contributed by atoms with E-state index in [0.717, 1.165) is 36.4 Å². The maximum atomic E-state index is 14.2. The highest BCUT2D eigenvalue weighted by molar-refractivity contribution is 6.06. The fraction of sp³-hybridized carbons (Fsp3) is 0.111. The van der Waals surface area contributed by atoms with Gasteiger partial charge in [-0.05, 0) is 31.2 Å². The van der Waals surface area contributed by atoms with E-state index in [1.807, 2.05) is 0 Å². The van der Waals surface area contributed by atoms with Crippen molar-refractivity contribution in [3.8, 4) is 0 Å². The van der Waals surface area contributed by atoms with E-state index in [2.05, 4.69) is 16.0 Å². The third-order valence-corrected chi connectivity index (χ3v) is 3.98. The monoisotopic (exact) mass is 379 g/mol. The van der Waals surface area contributed by atoms with Gasteiger partial charge in [-0.15, -0.1) is 0 Å². The summed E-state index contributed by atoms with van der Waals surface area (Å²) in [6.45, 7) is 1.38. The van der Waals surface area contributed by atoms with Gasteiger partial charge < -0.3 is 16.0 Å². The van der Waals surface area contributed by atoms with Crippen LogP contribution < -0.4 is 16.0 Å². The van der Waals surface area contributed by atoms with E-state index < -0.39 is 46.8 Å². The van der Waals surface area contributed by atoms with Gasteiger partial charge in [-0.25, -0.2) is 22.4 Å². The van der Waals surface area contributed by atoms with Crippen LogP contribution in [0.25, 0.3) is 0 Å². The Morgan fingerprint density at radius 3 is 2.30 bits per heavy atom. The number of halogens is 4. The first-order valence-corrected chi connectivity index (χ1v) is 7.76. The molecule has 1 aliphatic rings. The first-order chi connectivity index (χ1) is 12.8. The quantitative estimate of drug-likeness (QED) is 0.715. The van der Waals surface area contributed by atoms with Gasteiger partial charge in [0.15, 0.2) is 11.6 Å². The lowest BCUT2D eigenvalue weighted by Gasteiger charge is -2.29. The van der Waals surface area contributed by atoms with Gasteiger partial charge in [0.25, 0.3) is 5.91 Å². The summed E-state index contributed by atoms with van der Waals surface area (Å²) in [4.78, 5) is 24.4. The second kappa shape index (κ2) is 7.10. The number of hydrogen-bond acceptors (Lipinski definition) is 2. The van der Waals surface area contributed by atoms with Crippen molar-refractivity contribution in [3.05, 3.63) is 76.5 Å². The molecule has 3 amide bonds. The molecule has 0 saturated heterocycles. The molecule has 1 heterocycles. The summed E-state index contributed by atoms with van der Waals surface area (Å²) in [5.74, 6) is -5.02. The lowest BCUT2D eigenvalue weighted by molar-refractivity contribution is -0.113. The molecule has 0 unspecified atom stereocenters. The zero-order chi connectivity index (χ0) is 19.7. The molecule has 3 rings (SSSR count). The van der Waals surface area contributed by atoms with E-state index in [9.17, 15) is 27.2 Å². The number of benzene rings is 2. The standard InChI is InChI=1S/C18H13F4N3O2/c1-8-14(17(26)24-9-5-6-10(19)13(22)7-9)16(25-18(27)23-8)15-11(20)3-2-4-12(15)21/h2-7,16H,1H3,(H,24,26)(H2,23,25,27)/t16-/m0/s1. The molecular weight excluding hydrogens is 366 g/mol. The van der Waals surface area contributed by atoms with Gasteiger partial charge in [0.1, 0.15) is 11.6 Å². The molecule has 0 aliphatic carbocycles. The molecule has 0 spiro atoms. The minimum atomic E-state index is -1.41. The molecule has 1 atom stereocenters. The van der Waals surface area contributed by atoms with Crippen LogP contribution in [-0.4, -0.2) is 11.9 Å². The number of carbonyl (C=O) groups excluding carboxylic acids is 2. The minimum Gasteiger partial charge on any atom is -0.326 e. The second-order valence-corrected chi connectivity index (χ2v) is 5.79. The SMILES string of the molecule is CC1=C(C(=O)Nc2ccc(F)c(F)c2)[C@@H](c2c(F)cccc2F)NC(=O)N1. The average Bonchev–Trinajstić information content (AvgIpc) is 2.57. The van der Waals surface area contributed by atoms with Crippen molar-refractivity contribution in [2.45, 2.75) is 13.0 Å². The zero-order valence-corrected chi connectivity index (χ0v) is 13.9. The van der Waals surface area contributed by atoms with Gasteiger partial charge >= 0.3 is 6.03 Å². The summed E-state index contributed by atoms with van der Waals surface area (Å²) in [5.41, 5.74) is -0.694. The Hall–Kier alpha value is -3.36. The van der Waals surface area contributed by atoms with E-state index >= 15 is 0 Å². The minimum absolute atomic E-state index is 0.0616. The maximum Gasteiger partial charge on any atom is 0.319 e. The van der Waals surface area contributed by atoms with Crippen LogP contribution in [-0.2, 0) is 4.79 Å². The normalized spacial score (nSPS) is 16.6. The van der Waals surface area contributed by atoms with Crippen LogP contribution in [0, 0.1) is 23.3 Å². The van der Waals surface area contributed by atoms with Gasteiger partial charge in [-0.2, -0.15) is 0 Å². The van der Waals surface area contributed by atoms with Crippen molar-refractivity contribution >= 4 is 17.6 Å². The highest BCUT2D eigenvalue weighted by atomic mass is 19.2. The number of nitrogens with one attached hydrogen (secondary N) is 3. The Kier molecular flexibility index (Phi) is 4.85. The summed E-state index contributed by atoms with van der Waals surface area (Å²) in [6, 6.07) is 3.68. The van der Waals surface area contributed by atoms with E-state index in [0.29, 0.717) is 0 Å². The third kappa shape index (κ3) is 3.62. The predicted octanol–water partition coefficient (Wildman–Crippen LogP) is 3.51. The van der Waals surface area contributed by atoms with Gasteiger partial charge in [0, 0.05) is 17.5 Å². The van der Waals surface area contributed by atoms with Crippen molar-refractivity contribution in [3.63, 3.8) is 0 Å². The summed E-state index contributed by atoms with van der Waals surface area (Å²) in [5, 5.41) is 6.97. The Bertz CT molecular complexity index is 955. The van der Waals surface area contributed by atoms with Crippen LogP contribution in [0.2, 0.25) is 0 Å². The number of carbonyl (C=O) groups is 2. The largest absolute Gasteiger partial charge is 0.326 e. The fourth-order valence-electron chi connectivity index (χ4n) is 2.77. The molecule has 1 aliphatic heterocycles. The lowest BCUT2D eigenvalue weighted by atomic mass is 9.94. The third-order valence-electron chi connectivity index (χ3n) is 3.98. The molecule has 2 aromatic carbocycles. The topological polar surface area (TPSA) is 70.2 Å². The van der Waals surface area contributed by atoms with Crippen LogP contribution >= 0.6 is 0 Å². The summed E-state index contributed by atoms with van der Waals surface area (Å²) in [7, 11) is 0. The molecule has 27 heavy (non-hydrogen) atoms. The lowest BCUT2D eigenvalue weighted by Crippen LogP contribution is -2.46. The van der Waals surface area contributed by atoms with E-state index in [1.165, 1.54) is 6.92 Å². The van der Waals surface area contributed by atoms with Gasteiger partial charge in [0.2, 0.25) is 0 Å². The Morgan fingerprint density at radius 2 is 1.67 bits per heavy atom. The first kappa shape index (κ1) is 18.4. The van der Waals surface area contributed by atoms with E-state index in [1.54, 1.807) is 0 Å². The summed E-state index contributed by atoms with van der Waals surface area (Å²) < 4.78 is 54.8. The van der Waals surface area contributed by atoms with Crippen molar-refractivity contribution in [1.29, 1.82) is 0 Å². The smallest absolute Gasteiger partial charge is 0.319 e. The van der Waals surface area contributed by atoms with Crippen molar-refractivity contribution in [2.75, 3.05) is 5.32 Å². The Labute approximate surface area is 151 Å².